The predicted molar refractivity (Wildman–Crippen MR) is 101 cm³/mol. The first kappa shape index (κ1) is 19.4. The minimum Gasteiger partial charge on any atom is -0.315 e. The van der Waals surface area contributed by atoms with E-state index in [0.29, 0.717) is 10.6 Å². The fourth-order valence-corrected chi connectivity index (χ4v) is 3.66. The molecular weight excluding hydrogens is 395 g/mol. The summed E-state index contributed by atoms with van der Waals surface area (Å²) in [4.78, 5) is 22.2. The first-order valence-electron chi connectivity index (χ1n) is 7.79. The van der Waals surface area contributed by atoms with Crippen LogP contribution >= 0.6 is 23.1 Å². The second-order valence-corrected chi connectivity index (χ2v) is 7.36. The Bertz CT molecular complexity index is 915. The predicted octanol–water partition coefficient (Wildman–Crippen LogP) is 4.98. The van der Waals surface area contributed by atoms with E-state index >= 15 is 0 Å². The van der Waals surface area contributed by atoms with E-state index < -0.39 is 11.9 Å². The SMILES string of the molecule is CN(C(=O)CSc1nc(-c2cccs2)cc(C(F)(F)F)n1)c1ccccc1. The van der Waals surface area contributed by atoms with Crippen LogP contribution in [0.2, 0.25) is 0 Å². The summed E-state index contributed by atoms with van der Waals surface area (Å²) in [5.74, 6) is -0.332. The lowest BCUT2D eigenvalue weighted by Gasteiger charge is -2.17. The second-order valence-electron chi connectivity index (χ2n) is 5.47. The van der Waals surface area contributed by atoms with E-state index in [-0.39, 0.29) is 22.5 Å². The van der Waals surface area contributed by atoms with Gasteiger partial charge >= 0.3 is 6.18 Å². The lowest BCUT2D eigenvalue weighted by Crippen LogP contribution is -2.27. The number of hydrogen-bond donors (Lipinski definition) is 0. The molecule has 2 aromatic heterocycles. The third kappa shape index (κ3) is 4.86. The van der Waals surface area contributed by atoms with Crippen molar-refractivity contribution < 1.29 is 18.0 Å². The topological polar surface area (TPSA) is 46.1 Å². The molecule has 0 aliphatic carbocycles. The van der Waals surface area contributed by atoms with E-state index in [1.807, 2.05) is 6.07 Å². The maximum Gasteiger partial charge on any atom is 0.433 e. The molecule has 1 aromatic carbocycles. The highest BCUT2D eigenvalue weighted by Crippen LogP contribution is 2.33. The minimum atomic E-state index is -4.59. The van der Waals surface area contributed by atoms with Crippen molar-refractivity contribution in [3.63, 3.8) is 0 Å². The van der Waals surface area contributed by atoms with Crippen molar-refractivity contribution in [1.29, 1.82) is 0 Å². The largest absolute Gasteiger partial charge is 0.433 e. The normalized spacial score (nSPS) is 11.4. The quantitative estimate of drug-likeness (QED) is 0.441. The summed E-state index contributed by atoms with van der Waals surface area (Å²) in [7, 11) is 1.61. The number of thioether (sulfide) groups is 1. The molecule has 0 bridgehead atoms. The molecule has 0 atom stereocenters. The van der Waals surface area contributed by atoms with Gasteiger partial charge in [-0.25, -0.2) is 9.97 Å². The number of carbonyl (C=O) groups excluding carboxylic acids is 1. The average Bonchev–Trinajstić information content (AvgIpc) is 3.20. The zero-order valence-electron chi connectivity index (χ0n) is 14.1. The van der Waals surface area contributed by atoms with Crippen LogP contribution in [0.1, 0.15) is 5.69 Å². The number of hydrogen-bond acceptors (Lipinski definition) is 5. The van der Waals surface area contributed by atoms with Crippen LogP contribution in [-0.4, -0.2) is 28.7 Å². The molecule has 3 aromatic rings. The standard InChI is InChI=1S/C18H14F3N3OS2/c1-24(12-6-3-2-4-7-12)16(25)11-27-17-22-13(14-8-5-9-26-14)10-15(23-17)18(19,20)21/h2-10H,11H2,1H3. The number of rotatable bonds is 5. The molecule has 1 amide bonds. The van der Waals surface area contributed by atoms with Crippen molar-refractivity contribution in [1.82, 2.24) is 9.97 Å². The van der Waals surface area contributed by atoms with E-state index in [4.69, 9.17) is 0 Å². The fourth-order valence-electron chi connectivity index (χ4n) is 2.20. The number of amides is 1. The highest BCUT2D eigenvalue weighted by Gasteiger charge is 2.34. The van der Waals surface area contributed by atoms with Gasteiger partial charge in [0.05, 0.1) is 16.3 Å². The number of alkyl halides is 3. The molecule has 140 valence electrons. The maximum atomic E-state index is 13.2. The van der Waals surface area contributed by atoms with Gasteiger partial charge in [-0.2, -0.15) is 13.2 Å². The summed E-state index contributed by atoms with van der Waals surface area (Å²) in [5.41, 5.74) is -0.127. The molecule has 0 spiro atoms. The van der Waals surface area contributed by atoms with Crippen LogP contribution < -0.4 is 4.90 Å². The van der Waals surface area contributed by atoms with Gasteiger partial charge < -0.3 is 4.90 Å². The number of nitrogens with zero attached hydrogens (tertiary/aromatic N) is 3. The lowest BCUT2D eigenvalue weighted by atomic mass is 10.3. The molecule has 0 N–H and O–H groups in total. The highest BCUT2D eigenvalue weighted by atomic mass is 32.2. The molecule has 0 radical (unpaired) electrons. The third-order valence-electron chi connectivity index (χ3n) is 3.61. The maximum absolute atomic E-state index is 13.2. The van der Waals surface area contributed by atoms with Gasteiger partial charge in [-0.15, -0.1) is 11.3 Å². The number of thiophene rings is 1. The summed E-state index contributed by atoms with van der Waals surface area (Å²) < 4.78 is 39.5. The first-order chi connectivity index (χ1) is 12.8. The zero-order chi connectivity index (χ0) is 19.4. The summed E-state index contributed by atoms with van der Waals surface area (Å²) >= 11 is 2.17. The number of benzene rings is 1. The van der Waals surface area contributed by atoms with E-state index in [0.717, 1.165) is 17.8 Å². The van der Waals surface area contributed by atoms with E-state index in [1.165, 1.54) is 16.2 Å². The summed E-state index contributed by atoms with van der Waals surface area (Å²) in [6.45, 7) is 0. The van der Waals surface area contributed by atoms with Gasteiger partial charge in [-0.1, -0.05) is 36.0 Å². The van der Waals surface area contributed by atoms with Crippen LogP contribution in [0.25, 0.3) is 10.6 Å². The molecule has 3 rings (SSSR count). The Morgan fingerprint density at radius 3 is 2.52 bits per heavy atom. The monoisotopic (exact) mass is 409 g/mol. The van der Waals surface area contributed by atoms with Gasteiger partial charge in [0, 0.05) is 12.7 Å². The second kappa shape index (κ2) is 8.10. The third-order valence-corrected chi connectivity index (χ3v) is 5.34. The van der Waals surface area contributed by atoms with E-state index in [2.05, 4.69) is 9.97 Å². The number of halogens is 3. The van der Waals surface area contributed by atoms with Gasteiger partial charge in [0.1, 0.15) is 5.69 Å². The van der Waals surface area contributed by atoms with Gasteiger partial charge in [0.15, 0.2) is 5.16 Å². The Balaban J connectivity index is 1.80. The molecule has 0 saturated carbocycles. The summed E-state index contributed by atoms with van der Waals surface area (Å²) in [5, 5.41) is 1.68. The highest BCUT2D eigenvalue weighted by molar-refractivity contribution is 7.99. The van der Waals surface area contributed by atoms with Crippen molar-refractivity contribution in [3.8, 4) is 10.6 Å². The van der Waals surface area contributed by atoms with Crippen molar-refractivity contribution in [2.75, 3.05) is 17.7 Å². The van der Waals surface area contributed by atoms with Gasteiger partial charge in [0.25, 0.3) is 0 Å². The fraction of sp³-hybridized carbons (Fsp3) is 0.167. The van der Waals surface area contributed by atoms with Crippen LogP contribution in [0.4, 0.5) is 18.9 Å². The van der Waals surface area contributed by atoms with E-state index in [9.17, 15) is 18.0 Å². The molecule has 0 aliphatic heterocycles. The molecule has 27 heavy (non-hydrogen) atoms. The van der Waals surface area contributed by atoms with Crippen LogP contribution in [-0.2, 0) is 11.0 Å². The Labute approximate surface area is 162 Å². The van der Waals surface area contributed by atoms with Crippen LogP contribution in [0.15, 0.2) is 59.1 Å². The molecule has 2 heterocycles. The smallest absolute Gasteiger partial charge is 0.315 e. The summed E-state index contributed by atoms with van der Waals surface area (Å²) in [6.07, 6.45) is -4.59. The molecule has 0 saturated heterocycles. The molecule has 0 unspecified atom stereocenters. The first-order valence-corrected chi connectivity index (χ1v) is 9.65. The number of para-hydroxylation sites is 1. The average molecular weight is 409 g/mol. The summed E-state index contributed by atoms with van der Waals surface area (Å²) in [6, 6.07) is 13.3. The Hall–Kier alpha value is -2.39. The van der Waals surface area contributed by atoms with E-state index in [1.54, 1.807) is 48.8 Å². The number of anilines is 1. The van der Waals surface area contributed by atoms with Gasteiger partial charge in [-0.3, -0.25) is 4.79 Å². The van der Waals surface area contributed by atoms with Gasteiger partial charge in [-0.05, 0) is 29.6 Å². The lowest BCUT2D eigenvalue weighted by molar-refractivity contribution is -0.141. The van der Waals surface area contributed by atoms with Crippen molar-refractivity contribution in [2.45, 2.75) is 11.3 Å². The van der Waals surface area contributed by atoms with Crippen molar-refractivity contribution >= 4 is 34.7 Å². The van der Waals surface area contributed by atoms with Crippen LogP contribution in [0.5, 0.6) is 0 Å². The van der Waals surface area contributed by atoms with Gasteiger partial charge in [0.2, 0.25) is 5.91 Å². The molecule has 0 fully saturated rings. The molecule has 0 aliphatic rings. The Morgan fingerprint density at radius 2 is 1.89 bits per heavy atom. The Morgan fingerprint density at radius 1 is 1.15 bits per heavy atom. The number of aromatic nitrogens is 2. The molecular formula is C18H14F3N3OS2. The minimum absolute atomic E-state index is 0.0728. The number of carbonyl (C=O) groups is 1. The molecule has 9 heteroatoms. The zero-order valence-corrected chi connectivity index (χ0v) is 15.7. The van der Waals surface area contributed by atoms with Crippen LogP contribution in [0.3, 0.4) is 0 Å². The molecule has 4 nitrogen and oxygen atoms in total. The Kier molecular flexibility index (Phi) is 5.81. The van der Waals surface area contributed by atoms with Crippen molar-refractivity contribution in [2.24, 2.45) is 0 Å². The van der Waals surface area contributed by atoms with Crippen molar-refractivity contribution in [3.05, 3.63) is 59.6 Å². The van der Waals surface area contributed by atoms with Crippen LogP contribution in [0, 0.1) is 0 Å².